The van der Waals surface area contributed by atoms with Gasteiger partial charge in [-0.05, 0) is 35.4 Å². The number of rotatable bonds is 8. The van der Waals surface area contributed by atoms with E-state index in [1.54, 1.807) is 50.7 Å². The van der Waals surface area contributed by atoms with E-state index in [9.17, 15) is 0 Å². The maximum Gasteiger partial charge on any atom is 0.169 e. The van der Waals surface area contributed by atoms with Gasteiger partial charge in [-0.15, -0.1) is 0 Å². The van der Waals surface area contributed by atoms with E-state index in [2.05, 4.69) is 0 Å². The highest BCUT2D eigenvalue weighted by atomic mass is 16.5. The molecule has 2 N–H and O–H groups in total. The van der Waals surface area contributed by atoms with Gasteiger partial charge in [0.05, 0.1) is 27.4 Å². The summed E-state index contributed by atoms with van der Waals surface area (Å²) in [6.45, 7) is -0.0380. The van der Waals surface area contributed by atoms with E-state index < -0.39 is 0 Å². The van der Waals surface area contributed by atoms with Crippen LogP contribution in [0.25, 0.3) is 12.2 Å². The van der Waals surface area contributed by atoms with E-state index in [0.717, 1.165) is 11.1 Å². The van der Waals surface area contributed by atoms with Crippen molar-refractivity contribution in [2.24, 2.45) is 0 Å². The van der Waals surface area contributed by atoms with Crippen molar-refractivity contribution in [2.45, 2.75) is 0 Å². The molecule has 5 nitrogen and oxygen atoms in total. The summed E-state index contributed by atoms with van der Waals surface area (Å²) in [5.74, 6) is 2.26. The summed E-state index contributed by atoms with van der Waals surface area (Å²) in [7, 11) is 3.14. The van der Waals surface area contributed by atoms with Gasteiger partial charge in [-0.25, -0.2) is 0 Å². The molecule has 0 aliphatic carbocycles. The van der Waals surface area contributed by atoms with Gasteiger partial charge in [0, 0.05) is 0 Å². The molecule has 0 heterocycles. The minimum Gasteiger partial charge on any atom is -0.493 e. The summed E-state index contributed by atoms with van der Waals surface area (Å²) < 4.78 is 16.7. The lowest BCUT2D eigenvalue weighted by molar-refractivity contribution is 0.343. The second-order valence-corrected chi connectivity index (χ2v) is 5.09. The highest BCUT2D eigenvalue weighted by molar-refractivity contribution is 5.59. The molecule has 0 spiro atoms. The molecule has 0 aliphatic rings. The van der Waals surface area contributed by atoms with Gasteiger partial charge >= 0.3 is 0 Å². The van der Waals surface area contributed by atoms with Crippen LogP contribution in [-0.2, 0) is 0 Å². The zero-order chi connectivity index (χ0) is 18.1. The lowest BCUT2D eigenvalue weighted by Gasteiger charge is -2.14. The van der Waals surface area contributed by atoms with Crippen LogP contribution in [0.2, 0.25) is 0 Å². The molecule has 0 saturated heterocycles. The van der Waals surface area contributed by atoms with Gasteiger partial charge in [0.2, 0.25) is 0 Å². The summed E-state index contributed by atoms with van der Waals surface area (Å²) in [5, 5.41) is 17.7. The van der Waals surface area contributed by atoms with Crippen molar-refractivity contribution in [2.75, 3.05) is 27.4 Å². The SMILES string of the molecule is COc1cc(/C=C/CO)ccc1Oc1ccc(/C=C/CO)cc1OC. The summed E-state index contributed by atoms with van der Waals surface area (Å²) in [5.41, 5.74) is 1.80. The van der Waals surface area contributed by atoms with Crippen molar-refractivity contribution in [3.05, 3.63) is 59.7 Å². The summed E-state index contributed by atoms with van der Waals surface area (Å²) >= 11 is 0. The zero-order valence-corrected chi connectivity index (χ0v) is 14.3. The maximum atomic E-state index is 8.86. The first-order chi connectivity index (χ1) is 12.2. The molecule has 2 aromatic carbocycles. The molecule has 0 saturated carbocycles. The van der Waals surface area contributed by atoms with Gasteiger partial charge in [0.25, 0.3) is 0 Å². The molecule has 25 heavy (non-hydrogen) atoms. The Labute approximate surface area is 147 Å². The average molecular weight is 342 g/mol. The van der Waals surface area contributed by atoms with Crippen molar-refractivity contribution >= 4 is 12.2 Å². The van der Waals surface area contributed by atoms with Crippen LogP contribution in [0.3, 0.4) is 0 Å². The van der Waals surface area contributed by atoms with Crippen LogP contribution in [0.1, 0.15) is 11.1 Å². The molecule has 2 rings (SSSR count). The standard InChI is InChI=1S/C20H22O5/c1-23-19-13-15(5-3-11-21)7-9-17(19)25-18-10-8-16(6-4-12-22)14-20(18)24-2/h3-10,13-14,21-22H,11-12H2,1-2H3/b5-3+,6-4+. The number of aliphatic hydroxyl groups is 2. The minimum absolute atomic E-state index is 0.0190. The molecule has 2 aromatic rings. The zero-order valence-electron chi connectivity index (χ0n) is 14.3. The lowest BCUT2D eigenvalue weighted by atomic mass is 10.1. The third kappa shape index (κ3) is 5.11. The molecule has 0 aromatic heterocycles. The molecular weight excluding hydrogens is 320 g/mol. The minimum atomic E-state index is -0.0190. The van der Waals surface area contributed by atoms with Crippen LogP contribution < -0.4 is 14.2 Å². The average Bonchev–Trinajstić information content (AvgIpc) is 2.66. The number of ether oxygens (including phenoxy) is 3. The molecule has 0 aliphatic heterocycles. The van der Waals surface area contributed by atoms with Gasteiger partial charge in [-0.1, -0.05) is 36.4 Å². The highest BCUT2D eigenvalue weighted by Gasteiger charge is 2.10. The molecule has 0 amide bonds. The molecule has 5 heteroatoms. The van der Waals surface area contributed by atoms with E-state index in [-0.39, 0.29) is 13.2 Å². The Morgan fingerprint density at radius 2 is 1.16 bits per heavy atom. The fraction of sp³-hybridized carbons (Fsp3) is 0.200. The Balaban J connectivity index is 2.29. The van der Waals surface area contributed by atoms with Gasteiger partial charge in [0.1, 0.15) is 0 Å². The van der Waals surface area contributed by atoms with Crippen LogP contribution >= 0.6 is 0 Å². The van der Waals surface area contributed by atoms with Crippen LogP contribution in [0.5, 0.6) is 23.0 Å². The molecule has 0 radical (unpaired) electrons. The molecular formula is C20H22O5. The Morgan fingerprint density at radius 3 is 1.52 bits per heavy atom. The number of hydrogen-bond donors (Lipinski definition) is 2. The van der Waals surface area contributed by atoms with Crippen molar-refractivity contribution in [1.82, 2.24) is 0 Å². The van der Waals surface area contributed by atoms with Crippen molar-refractivity contribution in [3.63, 3.8) is 0 Å². The monoisotopic (exact) mass is 342 g/mol. The first kappa shape index (κ1) is 18.6. The van der Waals surface area contributed by atoms with Gasteiger partial charge in [0.15, 0.2) is 23.0 Å². The summed E-state index contributed by atoms with van der Waals surface area (Å²) in [6.07, 6.45) is 6.90. The van der Waals surface area contributed by atoms with Crippen LogP contribution in [0.4, 0.5) is 0 Å². The Morgan fingerprint density at radius 1 is 0.720 bits per heavy atom. The van der Waals surface area contributed by atoms with Gasteiger partial charge in [-0.2, -0.15) is 0 Å². The number of benzene rings is 2. The van der Waals surface area contributed by atoms with E-state index >= 15 is 0 Å². The lowest BCUT2D eigenvalue weighted by Crippen LogP contribution is -1.94. The molecule has 0 unspecified atom stereocenters. The highest BCUT2D eigenvalue weighted by Crippen LogP contribution is 2.37. The number of methoxy groups -OCH3 is 2. The normalized spacial score (nSPS) is 11.2. The van der Waals surface area contributed by atoms with Gasteiger partial charge < -0.3 is 24.4 Å². The van der Waals surface area contributed by atoms with Crippen LogP contribution in [0, 0.1) is 0 Å². The predicted molar refractivity (Wildman–Crippen MR) is 98.3 cm³/mol. The quantitative estimate of drug-likeness (QED) is 0.768. The third-order valence-corrected chi connectivity index (χ3v) is 3.43. The Hall–Kier alpha value is -2.76. The number of aliphatic hydroxyl groups excluding tert-OH is 2. The van der Waals surface area contributed by atoms with Gasteiger partial charge in [-0.3, -0.25) is 0 Å². The topological polar surface area (TPSA) is 68.2 Å². The van der Waals surface area contributed by atoms with Crippen molar-refractivity contribution in [1.29, 1.82) is 0 Å². The molecule has 0 bridgehead atoms. The van der Waals surface area contributed by atoms with Crippen molar-refractivity contribution < 1.29 is 24.4 Å². The summed E-state index contributed by atoms with van der Waals surface area (Å²) in [6, 6.07) is 11.0. The third-order valence-electron chi connectivity index (χ3n) is 3.43. The number of hydrogen-bond acceptors (Lipinski definition) is 5. The fourth-order valence-corrected chi connectivity index (χ4v) is 2.24. The summed E-state index contributed by atoms with van der Waals surface area (Å²) in [4.78, 5) is 0. The predicted octanol–water partition coefficient (Wildman–Crippen LogP) is 3.51. The van der Waals surface area contributed by atoms with E-state index in [4.69, 9.17) is 24.4 Å². The molecule has 0 atom stereocenters. The van der Waals surface area contributed by atoms with E-state index in [1.807, 2.05) is 24.3 Å². The van der Waals surface area contributed by atoms with Crippen molar-refractivity contribution in [3.8, 4) is 23.0 Å². The smallest absolute Gasteiger partial charge is 0.169 e. The molecule has 0 fully saturated rings. The van der Waals surface area contributed by atoms with E-state index in [1.165, 1.54) is 0 Å². The van der Waals surface area contributed by atoms with Crippen LogP contribution in [0.15, 0.2) is 48.6 Å². The molecule has 132 valence electrons. The first-order valence-corrected chi connectivity index (χ1v) is 7.80. The fourth-order valence-electron chi connectivity index (χ4n) is 2.24. The largest absolute Gasteiger partial charge is 0.493 e. The second kappa shape index (κ2) is 9.52. The Bertz CT molecular complexity index is 686. The van der Waals surface area contributed by atoms with E-state index in [0.29, 0.717) is 23.0 Å². The first-order valence-electron chi connectivity index (χ1n) is 7.80. The maximum absolute atomic E-state index is 8.86. The Kier molecular flexibility index (Phi) is 7.07. The van der Waals surface area contributed by atoms with Crippen LogP contribution in [-0.4, -0.2) is 37.6 Å². The second-order valence-electron chi connectivity index (χ2n) is 5.09.